The van der Waals surface area contributed by atoms with Gasteiger partial charge < -0.3 is 11.5 Å². The molecule has 1 aromatic heterocycles. The quantitative estimate of drug-likeness (QED) is 0.553. The SMILES string of the molecule is CC(C)[C@@H](N)c1cc(C(=N)N)cs1.Cl. The first-order valence-corrected chi connectivity index (χ1v) is 5.08. The zero-order valence-corrected chi connectivity index (χ0v) is 9.91. The van der Waals surface area contributed by atoms with Crippen LogP contribution in [0, 0.1) is 11.3 Å². The Morgan fingerprint density at radius 2 is 2.07 bits per heavy atom. The summed E-state index contributed by atoms with van der Waals surface area (Å²) >= 11 is 1.57. The number of nitrogens with two attached hydrogens (primary N) is 2. The van der Waals surface area contributed by atoms with Gasteiger partial charge in [0, 0.05) is 21.9 Å². The minimum atomic E-state index is 0. The van der Waals surface area contributed by atoms with Crippen LogP contribution in [0.15, 0.2) is 11.4 Å². The molecule has 0 radical (unpaired) electrons. The summed E-state index contributed by atoms with van der Waals surface area (Å²) in [6, 6.07) is 1.95. The lowest BCUT2D eigenvalue weighted by Gasteiger charge is -2.12. The van der Waals surface area contributed by atoms with Crippen LogP contribution >= 0.6 is 23.7 Å². The van der Waals surface area contributed by atoms with Crippen molar-refractivity contribution in [2.75, 3.05) is 0 Å². The first kappa shape index (κ1) is 13.4. The lowest BCUT2D eigenvalue weighted by molar-refractivity contribution is 0.521. The van der Waals surface area contributed by atoms with Crippen LogP contribution in [0.2, 0.25) is 0 Å². The van der Waals surface area contributed by atoms with Crippen LogP contribution in [0.4, 0.5) is 0 Å². The second-order valence-electron chi connectivity index (χ2n) is 3.42. The van der Waals surface area contributed by atoms with Crippen molar-refractivity contribution < 1.29 is 0 Å². The molecule has 0 aliphatic carbocycles. The van der Waals surface area contributed by atoms with Crippen LogP contribution in [0.1, 0.15) is 30.3 Å². The molecule has 5 N–H and O–H groups in total. The molecule has 1 rings (SSSR count). The molecule has 0 aromatic carbocycles. The second-order valence-corrected chi connectivity index (χ2v) is 4.36. The van der Waals surface area contributed by atoms with E-state index in [4.69, 9.17) is 16.9 Å². The van der Waals surface area contributed by atoms with Crippen molar-refractivity contribution in [1.82, 2.24) is 0 Å². The van der Waals surface area contributed by atoms with Crippen molar-refractivity contribution in [3.63, 3.8) is 0 Å². The monoisotopic (exact) mass is 233 g/mol. The molecule has 0 aliphatic rings. The molecule has 0 amide bonds. The van der Waals surface area contributed by atoms with Gasteiger partial charge in [0.1, 0.15) is 5.84 Å². The van der Waals surface area contributed by atoms with E-state index in [1.165, 1.54) is 0 Å². The average molecular weight is 234 g/mol. The summed E-state index contributed by atoms with van der Waals surface area (Å²) in [5.41, 5.74) is 12.1. The average Bonchev–Trinajstić information content (AvgIpc) is 2.50. The summed E-state index contributed by atoms with van der Waals surface area (Å²) in [7, 11) is 0. The molecule has 5 heteroatoms. The predicted molar refractivity (Wildman–Crippen MR) is 64.3 cm³/mol. The van der Waals surface area contributed by atoms with Crippen molar-refractivity contribution in [2.24, 2.45) is 17.4 Å². The number of thiophene rings is 1. The highest BCUT2D eigenvalue weighted by Gasteiger charge is 2.13. The molecule has 80 valence electrons. The topological polar surface area (TPSA) is 75.9 Å². The fraction of sp³-hybridized carbons (Fsp3) is 0.444. The number of nitrogens with one attached hydrogen (secondary N) is 1. The van der Waals surface area contributed by atoms with E-state index < -0.39 is 0 Å². The summed E-state index contributed by atoms with van der Waals surface area (Å²) in [6.07, 6.45) is 0. The normalized spacial score (nSPS) is 12.3. The Kier molecular flexibility index (Phi) is 5.12. The Hall–Kier alpha value is -0.580. The molecule has 0 aliphatic heterocycles. The van der Waals surface area contributed by atoms with Crippen molar-refractivity contribution >= 4 is 29.6 Å². The van der Waals surface area contributed by atoms with Gasteiger partial charge in [-0.3, -0.25) is 5.41 Å². The van der Waals surface area contributed by atoms with Crippen molar-refractivity contribution in [3.8, 4) is 0 Å². The Morgan fingerprint density at radius 3 is 2.43 bits per heavy atom. The summed E-state index contributed by atoms with van der Waals surface area (Å²) in [5, 5.41) is 9.12. The van der Waals surface area contributed by atoms with Crippen LogP contribution in [0.25, 0.3) is 0 Å². The maximum absolute atomic E-state index is 7.24. The van der Waals surface area contributed by atoms with E-state index in [0.29, 0.717) is 5.92 Å². The van der Waals surface area contributed by atoms with Gasteiger partial charge in [-0.05, 0) is 12.0 Å². The van der Waals surface area contributed by atoms with Gasteiger partial charge in [-0.25, -0.2) is 0 Å². The highest BCUT2D eigenvalue weighted by Crippen LogP contribution is 2.25. The highest BCUT2D eigenvalue weighted by molar-refractivity contribution is 7.10. The number of amidine groups is 1. The van der Waals surface area contributed by atoms with E-state index in [9.17, 15) is 0 Å². The van der Waals surface area contributed by atoms with E-state index >= 15 is 0 Å². The van der Waals surface area contributed by atoms with E-state index in [-0.39, 0.29) is 24.3 Å². The van der Waals surface area contributed by atoms with Crippen LogP contribution in [0.5, 0.6) is 0 Å². The molecule has 1 heterocycles. The van der Waals surface area contributed by atoms with Crippen molar-refractivity contribution in [1.29, 1.82) is 5.41 Å². The minimum Gasteiger partial charge on any atom is -0.384 e. The van der Waals surface area contributed by atoms with Crippen LogP contribution in [-0.4, -0.2) is 5.84 Å². The molecule has 0 fully saturated rings. The molecule has 0 saturated carbocycles. The Morgan fingerprint density at radius 1 is 1.50 bits per heavy atom. The molecule has 0 bridgehead atoms. The lowest BCUT2D eigenvalue weighted by atomic mass is 10.0. The number of hydrogen-bond donors (Lipinski definition) is 3. The van der Waals surface area contributed by atoms with Crippen LogP contribution in [0.3, 0.4) is 0 Å². The lowest BCUT2D eigenvalue weighted by Crippen LogP contribution is -2.15. The van der Waals surface area contributed by atoms with E-state index in [0.717, 1.165) is 10.4 Å². The van der Waals surface area contributed by atoms with E-state index in [1.807, 2.05) is 11.4 Å². The van der Waals surface area contributed by atoms with Gasteiger partial charge in [-0.1, -0.05) is 13.8 Å². The first-order valence-electron chi connectivity index (χ1n) is 4.20. The minimum absolute atomic E-state index is 0. The second kappa shape index (κ2) is 5.34. The van der Waals surface area contributed by atoms with Crippen LogP contribution in [-0.2, 0) is 0 Å². The summed E-state index contributed by atoms with van der Waals surface area (Å²) in [5.74, 6) is 0.525. The Bertz CT molecular complexity index is 309. The van der Waals surface area contributed by atoms with Gasteiger partial charge in [-0.2, -0.15) is 0 Å². The van der Waals surface area contributed by atoms with Gasteiger partial charge >= 0.3 is 0 Å². The zero-order valence-electron chi connectivity index (χ0n) is 8.28. The number of halogens is 1. The van der Waals surface area contributed by atoms with Gasteiger partial charge in [0.05, 0.1) is 0 Å². The number of nitrogen functional groups attached to an aromatic ring is 1. The van der Waals surface area contributed by atoms with Gasteiger partial charge in [0.25, 0.3) is 0 Å². The summed E-state index contributed by atoms with van der Waals surface area (Å²) in [6.45, 7) is 4.16. The van der Waals surface area contributed by atoms with E-state index in [1.54, 1.807) is 11.3 Å². The standard InChI is InChI=1S/C9H15N3S.ClH/c1-5(2)8(10)7-3-6(4-13-7)9(11)12;/h3-5,8H,10H2,1-2H3,(H3,11,12);1H/t8-;/m1./s1. The largest absolute Gasteiger partial charge is 0.384 e. The summed E-state index contributed by atoms with van der Waals surface area (Å²) < 4.78 is 0. The van der Waals surface area contributed by atoms with Crippen LogP contribution < -0.4 is 11.5 Å². The third-order valence-corrected chi connectivity index (χ3v) is 3.01. The van der Waals surface area contributed by atoms with Gasteiger partial charge in [0.15, 0.2) is 0 Å². The highest BCUT2D eigenvalue weighted by atomic mass is 35.5. The van der Waals surface area contributed by atoms with Gasteiger partial charge in [-0.15, -0.1) is 23.7 Å². The molecule has 3 nitrogen and oxygen atoms in total. The molecular formula is C9H16ClN3S. The molecular weight excluding hydrogens is 218 g/mol. The number of hydrogen-bond acceptors (Lipinski definition) is 3. The maximum Gasteiger partial charge on any atom is 0.123 e. The third kappa shape index (κ3) is 2.97. The predicted octanol–water partition coefficient (Wildman–Crippen LogP) is 2.11. The first-order chi connectivity index (χ1) is 6.02. The molecule has 0 saturated heterocycles. The maximum atomic E-state index is 7.24. The third-order valence-electron chi connectivity index (χ3n) is 1.98. The Balaban J connectivity index is 0.00000169. The Labute approximate surface area is 94.4 Å². The number of rotatable bonds is 3. The summed E-state index contributed by atoms with van der Waals surface area (Å²) in [4.78, 5) is 1.10. The molecule has 1 aromatic rings. The molecule has 1 atom stereocenters. The van der Waals surface area contributed by atoms with E-state index in [2.05, 4.69) is 13.8 Å². The van der Waals surface area contributed by atoms with Gasteiger partial charge in [0.2, 0.25) is 0 Å². The molecule has 0 unspecified atom stereocenters. The molecule has 0 spiro atoms. The fourth-order valence-corrected chi connectivity index (χ4v) is 2.08. The van der Waals surface area contributed by atoms with Crippen molar-refractivity contribution in [2.45, 2.75) is 19.9 Å². The van der Waals surface area contributed by atoms with Crippen molar-refractivity contribution in [3.05, 3.63) is 21.9 Å². The molecule has 14 heavy (non-hydrogen) atoms. The fourth-order valence-electron chi connectivity index (χ4n) is 0.997. The smallest absolute Gasteiger partial charge is 0.123 e. The zero-order chi connectivity index (χ0) is 10.0.